The molecule has 0 radical (unpaired) electrons. The standard InChI is InChI=1S/C10H19NO2/c1-3-9(12-5-1)7-11-8-10-4-2-6-13-10/h9-11H,1-8H2/t9-,10+. The Balaban J connectivity index is 1.52. The average Bonchev–Trinajstić information content (AvgIpc) is 2.75. The lowest BCUT2D eigenvalue weighted by Gasteiger charge is -2.13. The number of rotatable bonds is 4. The summed E-state index contributed by atoms with van der Waals surface area (Å²) in [5.74, 6) is 0. The molecule has 0 amide bonds. The van der Waals surface area contributed by atoms with E-state index < -0.39 is 0 Å². The second kappa shape index (κ2) is 4.94. The molecule has 0 aliphatic carbocycles. The SMILES string of the molecule is C1CO[C@@H](CNC[C@@H]2CCCO2)C1. The Morgan fingerprint density at radius 2 is 1.46 bits per heavy atom. The van der Waals surface area contributed by atoms with Crippen molar-refractivity contribution in [1.82, 2.24) is 5.32 Å². The summed E-state index contributed by atoms with van der Waals surface area (Å²) in [7, 11) is 0. The number of hydrogen-bond donors (Lipinski definition) is 1. The van der Waals surface area contributed by atoms with Gasteiger partial charge in [-0.2, -0.15) is 0 Å². The Labute approximate surface area is 79.8 Å². The lowest BCUT2D eigenvalue weighted by molar-refractivity contribution is 0.0907. The fourth-order valence-electron chi connectivity index (χ4n) is 2.02. The van der Waals surface area contributed by atoms with E-state index in [1.54, 1.807) is 0 Å². The van der Waals surface area contributed by atoms with Crippen LogP contribution in [0.3, 0.4) is 0 Å². The highest BCUT2D eigenvalue weighted by Gasteiger charge is 2.17. The number of ether oxygens (including phenoxy) is 2. The van der Waals surface area contributed by atoms with Crippen molar-refractivity contribution in [3.05, 3.63) is 0 Å². The predicted octanol–water partition coefficient (Wildman–Crippen LogP) is 0.934. The third-order valence-electron chi connectivity index (χ3n) is 2.79. The van der Waals surface area contributed by atoms with Crippen LogP contribution in [0.5, 0.6) is 0 Å². The van der Waals surface area contributed by atoms with Gasteiger partial charge in [0.25, 0.3) is 0 Å². The van der Waals surface area contributed by atoms with Gasteiger partial charge >= 0.3 is 0 Å². The van der Waals surface area contributed by atoms with Gasteiger partial charge in [0.05, 0.1) is 12.2 Å². The summed E-state index contributed by atoms with van der Waals surface area (Å²) in [6.45, 7) is 3.90. The average molecular weight is 185 g/mol. The quantitative estimate of drug-likeness (QED) is 0.707. The maximum atomic E-state index is 5.51. The summed E-state index contributed by atoms with van der Waals surface area (Å²) < 4.78 is 11.0. The molecule has 2 saturated heterocycles. The summed E-state index contributed by atoms with van der Waals surface area (Å²) in [6.07, 6.45) is 5.82. The zero-order valence-electron chi connectivity index (χ0n) is 8.13. The molecule has 0 unspecified atom stereocenters. The molecule has 76 valence electrons. The lowest BCUT2D eigenvalue weighted by atomic mass is 10.2. The Morgan fingerprint density at radius 1 is 0.923 bits per heavy atom. The molecule has 2 aliphatic rings. The summed E-state index contributed by atoms with van der Waals surface area (Å²) >= 11 is 0. The normalized spacial score (nSPS) is 34.2. The van der Waals surface area contributed by atoms with E-state index in [-0.39, 0.29) is 0 Å². The summed E-state index contributed by atoms with van der Waals surface area (Å²) in [4.78, 5) is 0. The third-order valence-corrected chi connectivity index (χ3v) is 2.79. The third kappa shape index (κ3) is 2.93. The Kier molecular flexibility index (Phi) is 3.58. The van der Waals surface area contributed by atoms with Gasteiger partial charge in [-0.25, -0.2) is 0 Å². The molecule has 2 fully saturated rings. The topological polar surface area (TPSA) is 30.5 Å². The van der Waals surface area contributed by atoms with Crippen LogP contribution < -0.4 is 5.32 Å². The molecule has 1 N–H and O–H groups in total. The van der Waals surface area contributed by atoms with Crippen molar-refractivity contribution in [2.75, 3.05) is 26.3 Å². The van der Waals surface area contributed by atoms with Gasteiger partial charge in [-0.1, -0.05) is 0 Å². The fourth-order valence-corrected chi connectivity index (χ4v) is 2.02. The molecular weight excluding hydrogens is 166 g/mol. The monoisotopic (exact) mass is 185 g/mol. The first-order valence-electron chi connectivity index (χ1n) is 5.39. The van der Waals surface area contributed by atoms with Gasteiger partial charge in [0, 0.05) is 26.3 Å². The van der Waals surface area contributed by atoms with Crippen LogP contribution in [-0.4, -0.2) is 38.5 Å². The molecule has 0 saturated carbocycles. The fraction of sp³-hybridized carbons (Fsp3) is 1.00. The molecule has 3 nitrogen and oxygen atoms in total. The van der Waals surface area contributed by atoms with Gasteiger partial charge in [-0.15, -0.1) is 0 Å². The maximum Gasteiger partial charge on any atom is 0.0700 e. The van der Waals surface area contributed by atoms with E-state index in [1.165, 1.54) is 25.7 Å². The van der Waals surface area contributed by atoms with E-state index in [1.807, 2.05) is 0 Å². The minimum absolute atomic E-state index is 0.460. The minimum Gasteiger partial charge on any atom is -0.377 e. The Morgan fingerprint density at radius 3 is 1.85 bits per heavy atom. The first-order valence-corrected chi connectivity index (χ1v) is 5.39. The molecule has 2 atom stereocenters. The Bertz CT molecular complexity index is 124. The first-order chi connectivity index (χ1) is 6.45. The van der Waals surface area contributed by atoms with Crippen molar-refractivity contribution in [3.8, 4) is 0 Å². The smallest absolute Gasteiger partial charge is 0.0700 e. The molecule has 13 heavy (non-hydrogen) atoms. The highest BCUT2D eigenvalue weighted by atomic mass is 16.5. The van der Waals surface area contributed by atoms with Gasteiger partial charge in [0.1, 0.15) is 0 Å². The van der Waals surface area contributed by atoms with Crippen LogP contribution in [0.25, 0.3) is 0 Å². The van der Waals surface area contributed by atoms with E-state index in [4.69, 9.17) is 9.47 Å². The second-order valence-electron chi connectivity index (χ2n) is 3.93. The molecule has 2 aliphatic heterocycles. The van der Waals surface area contributed by atoms with Crippen LogP contribution in [-0.2, 0) is 9.47 Å². The molecule has 0 bridgehead atoms. The highest BCUT2D eigenvalue weighted by Crippen LogP contribution is 2.12. The summed E-state index contributed by atoms with van der Waals surface area (Å²) in [5, 5.41) is 3.42. The van der Waals surface area contributed by atoms with Crippen molar-refractivity contribution < 1.29 is 9.47 Å². The van der Waals surface area contributed by atoms with Crippen LogP contribution in [0, 0.1) is 0 Å². The summed E-state index contributed by atoms with van der Waals surface area (Å²) in [5.41, 5.74) is 0. The highest BCUT2D eigenvalue weighted by molar-refractivity contribution is 4.71. The van der Waals surface area contributed by atoms with Gasteiger partial charge < -0.3 is 14.8 Å². The molecular formula is C10H19NO2. The van der Waals surface area contributed by atoms with Gasteiger partial charge in [0.15, 0.2) is 0 Å². The molecule has 2 heterocycles. The van der Waals surface area contributed by atoms with Crippen LogP contribution >= 0.6 is 0 Å². The van der Waals surface area contributed by atoms with Crippen molar-refractivity contribution in [3.63, 3.8) is 0 Å². The van der Waals surface area contributed by atoms with Crippen molar-refractivity contribution in [2.45, 2.75) is 37.9 Å². The van der Waals surface area contributed by atoms with E-state index in [0.29, 0.717) is 12.2 Å². The number of nitrogens with one attached hydrogen (secondary N) is 1. The lowest BCUT2D eigenvalue weighted by Crippen LogP contribution is -2.32. The van der Waals surface area contributed by atoms with Gasteiger partial charge in [-0.05, 0) is 25.7 Å². The van der Waals surface area contributed by atoms with Crippen molar-refractivity contribution >= 4 is 0 Å². The maximum absolute atomic E-state index is 5.51. The molecule has 0 aromatic heterocycles. The van der Waals surface area contributed by atoms with E-state index in [9.17, 15) is 0 Å². The second-order valence-corrected chi connectivity index (χ2v) is 3.93. The largest absolute Gasteiger partial charge is 0.377 e. The van der Waals surface area contributed by atoms with E-state index >= 15 is 0 Å². The number of hydrogen-bond acceptors (Lipinski definition) is 3. The summed E-state index contributed by atoms with van der Waals surface area (Å²) in [6, 6.07) is 0. The molecule has 0 spiro atoms. The Hall–Kier alpha value is -0.120. The minimum atomic E-state index is 0.460. The van der Waals surface area contributed by atoms with Crippen LogP contribution in [0.15, 0.2) is 0 Å². The molecule has 0 aromatic carbocycles. The van der Waals surface area contributed by atoms with Gasteiger partial charge in [-0.3, -0.25) is 0 Å². The zero-order valence-corrected chi connectivity index (χ0v) is 8.13. The van der Waals surface area contributed by atoms with Crippen LogP contribution in [0.1, 0.15) is 25.7 Å². The van der Waals surface area contributed by atoms with Gasteiger partial charge in [0.2, 0.25) is 0 Å². The molecule has 2 rings (SSSR count). The van der Waals surface area contributed by atoms with Crippen LogP contribution in [0.4, 0.5) is 0 Å². The molecule has 0 aromatic rings. The first kappa shape index (κ1) is 9.44. The molecule has 3 heteroatoms. The van der Waals surface area contributed by atoms with E-state index in [0.717, 1.165) is 26.3 Å². The van der Waals surface area contributed by atoms with Crippen molar-refractivity contribution in [1.29, 1.82) is 0 Å². The zero-order chi connectivity index (χ0) is 8.93. The van der Waals surface area contributed by atoms with E-state index in [2.05, 4.69) is 5.32 Å². The van der Waals surface area contributed by atoms with Crippen LogP contribution in [0.2, 0.25) is 0 Å². The van der Waals surface area contributed by atoms with Crippen molar-refractivity contribution in [2.24, 2.45) is 0 Å². The predicted molar refractivity (Wildman–Crippen MR) is 50.8 cm³/mol.